The van der Waals surface area contributed by atoms with Crippen LogP contribution in [0.4, 0.5) is 0 Å². The van der Waals surface area contributed by atoms with Gasteiger partial charge in [0.2, 0.25) is 0 Å². The SMILES string of the molecule is Cc1ccc(Cl)c(OCC(=O)OCc2cc(=O)n3c4c(sc3n2)CCCC4)c1. The second-order valence-electron chi connectivity index (χ2n) is 6.77. The number of thiazole rings is 1. The largest absolute Gasteiger partial charge is 0.480 e. The molecule has 0 aliphatic heterocycles. The zero-order valence-electron chi connectivity index (χ0n) is 15.4. The lowest BCUT2D eigenvalue weighted by molar-refractivity contribution is -0.147. The number of benzene rings is 1. The maximum absolute atomic E-state index is 12.5. The minimum atomic E-state index is -0.551. The van der Waals surface area contributed by atoms with Crippen molar-refractivity contribution in [1.29, 1.82) is 0 Å². The molecule has 3 aromatic rings. The van der Waals surface area contributed by atoms with Crippen molar-refractivity contribution in [3.63, 3.8) is 0 Å². The van der Waals surface area contributed by atoms with Gasteiger partial charge in [-0.1, -0.05) is 17.7 Å². The Morgan fingerprint density at radius 2 is 2.11 bits per heavy atom. The third-order valence-corrected chi connectivity index (χ3v) is 6.08. The molecule has 28 heavy (non-hydrogen) atoms. The maximum atomic E-state index is 12.5. The molecule has 146 valence electrons. The van der Waals surface area contributed by atoms with Crippen LogP contribution in [0.15, 0.2) is 29.1 Å². The van der Waals surface area contributed by atoms with Crippen LogP contribution >= 0.6 is 22.9 Å². The number of halogens is 1. The maximum Gasteiger partial charge on any atom is 0.344 e. The standard InChI is InChI=1S/C20H19ClN2O4S/c1-12-6-7-14(21)16(8-12)26-11-19(25)27-10-13-9-18(24)23-15-4-2-3-5-17(15)28-20(23)22-13/h6-9H,2-5,10-11H2,1H3. The molecule has 0 spiro atoms. The lowest BCUT2D eigenvalue weighted by Gasteiger charge is -2.10. The first kappa shape index (κ1) is 19.0. The van der Waals surface area contributed by atoms with Gasteiger partial charge < -0.3 is 9.47 Å². The van der Waals surface area contributed by atoms with Gasteiger partial charge in [-0.05, 0) is 50.3 Å². The number of aromatic nitrogens is 2. The van der Waals surface area contributed by atoms with Crippen LogP contribution in [0.25, 0.3) is 4.96 Å². The highest BCUT2D eigenvalue weighted by Crippen LogP contribution is 2.28. The van der Waals surface area contributed by atoms with Crippen molar-refractivity contribution in [1.82, 2.24) is 9.38 Å². The lowest BCUT2D eigenvalue weighted by Crippen LogP contribution is -2.19. The third-order valence-electron chi connectivity index (χ3n) is 4.63. The molecule has 1 aliphatic rings. The lowest BCUT2D eigenvalue weighted by atomic mass is 10.0. The van der Waals surface area contributed by atoms with Crippen LogP contribution in [0.5, 0.6) is 5.75 Å². The molecule has 1 aromatic carbocycles. The number of hydrogen-bond acceptors (Lipinski definition) is 6. The first-order chi connectivity index (χ1) is 13.5. The number of rotatable bonds is 5. The first-order valence-corrected chi connectivity index (χ1v) is 10.3. The molecule has 2 aromatic heterocycles. The van der Waals surface area contributed by atoms with Crippen molar-refractivity contribution in [3.05, 3.63) is 61.5 Å². The van der Waals surface area contributed by atoms with E-state index in [0.717, 1.165) is 36.9 Å². The second kappa shape index (κ2) is 7.93. The van der Waals surface area contributed by atoms with Gasteiger partial charge in [0.1, 0.15) is 12.4 Å². The van der Waals surface area contributed by atoms with Gasteiger partial charge in [0, 0.05) is 16.6 Å². The number of carbonyl (C=O) groups is 1. The minimum absolute atomic E-state index is 0.0714. The third kappa shape index (κ3) is 3.91. The number of ether oxygens (including phenoxy) is 2. The fourth-order valence-electron chi connectivity index (χ4n) is 3.27. The number of nitrogens with zero attached hydrogens (tertiary/aromatic N) is 2. The summed E-state index contributed by atoms with van der Waals surface area (Å²) < 4.78 is 12.3. The summed E-state index contributed by atoms with van der Waals surface area (Å²) in [6.45, 7) is 1.57. The summed E-state index contributed by atoms with van der Waals surface area (Å²) in [5, 5.41) is 0.431. The summed E-state index contributed by atoms with van der Waals surface area (Å²) in [4.78, 5) is 30.9. The molecule has 0 amide bonds. The van der Waals surface area contributed by atoms with Crippen LogP contribution in [0.1, 0.15) is 34.7 Å². The Morgan fingerprint density at radius 3 is 2.96 bits per heavy atom. The van der Waals surface area contributed by atoms with Gasteiger partial charge in [0.25, 0.3) is 5.56 Å². The molecule has 0 fully saturated rings. The quantitative estimate of drug-likeness (QED) is 0.590. The number of fused-ring (bicyclic) bond motifs is 3. The highest BCUT2D eigenvalue weighted by Gasteiger charge is 2.18. The molecule has 4 rings (SSSR count). The second-order valence-corrected chi connectivity index (χ2v) is 8.24. The van der Waals surface area contributed by atoms with Crippen LogP contribution in [0, 0.1) is 6.92 Å². The van der Waals surface area contributed by atoms with Gasteiger partial charge in [-0.3, -0.25) is 9.20 Å². The van der Waals surface area contributed by atoms with Gasteiger partial charge >= 0.3 is 5.97 Å². The van der Waals surface area contributed by atoms with Crippen LogP contribution in [0.3, 0.4) is 0 Å². The number of esters is 1. The minimum Gasteiger partial charge on any atom is -0.480 e. The fourth-order valence-corrected chi connectivity index (χ4v) is 4.67. The zero-order chi connectivity index (χ0) is 19.7. The van der Waals surface area contributed by atoms with E-state index in [1.54, 1.807) is 27.9 Å². The molecule has 0 unspecified atom stereocenters. The monoisotopic (exact) mass is 418 g/mol. The van der Waals surface area contributed by atoms with Crippen molar-refractivity contribution in [2.24, 2.45) is 0 Å². The van der Waals surface area contributed by atoms with Gasteiger partial charge in [-0.2, -0.15) is 0 Å². The highest BCUT2D eigenvalue weighted by molar-refractivity contribution is 7.17. The Morgan fingerprint density at radius 1 is 1.29 bits per heavy atom. The van der Waals surface area contributed by atoms with Crippen LogP contribution in [-0.2, 0) is 29.0 Å². The van der Waals surface area contributed by atoms with E-state index in [9.17, 15) is 9.59 Å². The first-order valence-electron chi connectivity index (χ1n) is 9.09. The number of carbonyl (C=O) groups excluding carboxylic acids is 1. The van der Waals surface area contributed by atoms with E-state index in [-0.39, 0.29) is 18.8 Å². The van der Waals surface area contributed by atoms with Gasteiger partial charge in [0.15, 0.2) is 11.6 Å². The Kier molecular flexibility index (Phi) is 5.37. The van der Waals surface area contributed by atoms with Crippen molar-refractivity contribution in [3.8, 4) is 5.75 Å². The van der Waals surface area contributed by atoms with Crippen molar-refractivity contribution in [2.75, 3.05) is 6.61 Å². The van der Waals surface area contributed by atoms with E-state index in [2.05, 4.69) is 4.98 Å². The molecule has 0 N–H and O–H groups in total. The normalized spacial score (nSPS) is 13.4. The van der Waals surface area contributed by atoms with Crippen LogP contribution < -0.4 is 10.3 Å². The molecule has 0 radical (unpaired) electrons. The van der Waals surface area contributed by atoms with E-state index in [1.807, 2.05) is 13.0 Å². The number of aryl methyl sites for hydroxylation is 3. The summed E-state index contributed by atoms with van der Waals surface area (Å²) in [6.07, 6.45) is 4.13. The predicted octanol–water partition coefficient (Wildman–Crippen LogP) is 3.72. The summed E-state index contributed by atoms with van der Waals surface area (Å²) in [7, 11) is 0. The molecular weight excluding hydrogens is 400 g/mol. The van der Waals surface area contributed by atoms with Gasteiger partial charge in [-0.15, -0.1) is 11.3 Å². The molecule has 2 heterocycles. The molecular formula is C20H19ClN2O4S. The topological polar surface area (TPSA) is 69.9 Å². The number of hydrogen-bond donors (Lipinski definition) is 0. The van der Waals surface area contributed by atoms with E-state index < -0.39 is 5.97 Å². The zero-order valence-corrected chi connectivity index (χ0v) is 16.9. The Balaban J connectivity index is 1.42. The summed E-state index contributed by atoms with van der Waals surface area (Å²) >= 11 is 7.59. The molecule has 8 heteroatoms. The molecule has 0 bridgehead atoms. The summed E-state index contributed by atoms with van der Waals surface area (Å²) in [6, 6.07) is 6.76. The van der Waals surface area contributed by atoms with Crippen molar-refractivity contribution < 1.29 is 14.3 Å². The average molecular weight is 419 g/mol. The molecule has 0 saturated heterocycles. The summed E-state index contributed by atoms with van der Waals surface area (Å²) in [5.74, 6) is -0.120. The van der Waals surface area contributed by atoms with Gasteiger partial charge in [-0.25, -0.2) is 9.78 Å². The average Bonchev–Trinajstić information content (AvgIpc) is 3.06. The van der Waals surface area contributed by atoms with E-state index >= 15 is 0 Å². The van der Waals surface area contributed by atoms with E-state index in [1.165, 1.54) is 10.9 Å². The Bertz CT molecular complexity index is 1110. The fraction of sp³-hybridized carbons (Fsp3) is 0.350. The highest BCUT2D eigenvalue weighted by atomic mass is 35.5. The molecule has 1 aliphatic carbocycles. The molecule has 6 nitrogen and oxygen atoms in total. The van der Waals surface area contributed by atoms with Crippen LogP contribution in [-0.4, -0.2) is 22.0 Å². The molecule has 0 saturated carbocycles. The van der Waals surface area contributed by atoms with Crippen molar-refractivity contribution >= 4 is 33.9 Å². The van der Waals surface area contributed by atoms with Gasteiger partial charge in [0.05, 0.1) is 10.7 Å². The summed E-state index contributed by atoms with van der Waals surface area (Å²) in [5.41, 5.74) is 2.36. The predicted molar refractivity (Wildman–Crippen MR) is 107 cm³/mol. The Labute approximate surface area is 170 Å². The Hall–Kier alpha value is -2.38. The van der Waals surface area contributed by atoms with Crippen molar-refractivity contribution in [2.45, 2.75) is 39.2 Å². The van der Waals surface area contributed by atoms with E-state index in [4.69, 9.17) is 21.1 Å². The molecule has 0 atom stereocenters. The van der Waals surface area contributed by atoms with E-state index in [0.29, 0.717) is 21.4 Å². The smallest absolute Gasteiger partial charge is 0.344 e. The van der Waals surface area contributed by atoms with Crippen LogP contribution in [0.2, 0.25) is 5.02 Å².